The number of rotatable bonds is 6. The van der Waals surface area contributed by atoms with Crippen LogP contribution in [0.2, 0.25) is 5.02 Å². The molecule has 0 bridgehead atoms. The highest BCUT2D eigenvalue weighted by Gasteiger charge is 2.13. The summed E-state index contributed by atoms with van der Waals surface area (Å²) in [6, 6.07) is 7.58. The summed E-state index contributed by atoms with van der Waals surface area (Å²) < 4.78 is 4.15. The number of amides is 1. The predicted octanol–water partition coefficient (Wildman–Crippen LogP) is 2.69. The maximum absolute atomic E-state index is 11.8. The van der Waals surface area contributed by atoms with Crippen LogP contribution in [-0.4, -0.2) is 44.8 Å². The van der Waals surface area contributed by atoms with E-state index in [1.165, 1.54) is 0 Å². The van der Waals surface area contributed by atoms with Crippen molar-refractivity contribution in [1.82, 2.24) is 24.6 Å². The first-order valence-corrected chi connectivity index (χ1v) is 8.44. The van der Waals surface area contributed by atoms with Gasteiger partial charge in [0.25, 0.3) is 0 Å². The minimum Gasteiger partial charge on any atom is -0.353 e. The zero-order valence-electron chi connectivity index (χ0n) is 14.3. The summed E-state index contributed by atoms with van der Waals surface area (Å²) in [6.07, 6.45) is 0. The van der Waals surface area contributed by atoms with E-state index in [2.05, 4.69) is 10.4 Å². The first kappa shape index (κ1) is 18.6. The molecule has 0 atom stereocenters. The zero-order valence-corrected chi connectivity index (χ0v) is 15.9. The molecule has 0 aliphatic rings. The first-order valence-electron chi connectivity index (χ1n) is 7.65. The molecular weight excluding hydrogens is 346 g/mol. The lowest BCUT2D eigenvalue weighted by atomic mass is 10.2. The molecule has 1 aromatic heterocycles. The summed E-state index contributed by atoms with van der Waals surface area (Å²) >= 11 is 11.4. The molecule has 0 aliphatic carbocycles. The third-order valence-electron chi connectivity index (χ3n) is 3.38. The van der Waals surface area contributed by atoms with Crippen LogP contribution in [0.1, 0.15) is 13.8 Å². The highest BCUT2D eigenvalue weighted by molar-refractivity contribution is 7.71. The molecule has 6 nitrogen and oxygen atoms in total. The molecular formula is C16H22ClN5OS. The van der Waals surface area contributed by atoms with E-state index in [1.54, 1.807) is 4.68 Å². The fraction of sp³-hybridized carbons (Fsp3) is 0.438. The van der Waals surface area contributed by atoms with Crippen molar-refractivity contribution in [3.05, 3.63) is 34.1 Å². The van der Waals surface area contributed by atoms with Gasteiger partial charge in [-0.25, -0.2) is 4.68 Å². The van der Waals surface area contributed by atoms with Crippen LogP contribution in [0.15, 0.2) is 24.3 Å². The largest absolute Gasteiger partial charge is 0.353 e. The van der Waals surface area contributed by atoms with Crippen LogP contribution in [-0.2, 0) is 18.5 Å². The van der Waals surface area contributed by atoms with Crippen molar-refractivity contribution >= 4 is 29.7 Å². The Hall–Kier alpha value is -1.70. The maximum atomic E-state index is 11.8. The minimum absolute atomic E-state index is 0.0205. The van der Waals surface area contributed by atoms with E-state index in [4.69, 9.17) is 23.8 Å². The van der Waals surface area contributed by atoms with Crippen LogP contribution in [0.4, 0.5) is 0 Å². The van der Waals surface area contributed by atoms with Gasteiger partial charge in [-0.05, 0) is 57.4 Å². The number of carbonyl (C=O) groups is 1. The van der Waals surface area contributed by atoms with Crippen LogP contribution in [0, 0.1) is 4.77 Å². The lowest BCUT2D eigenvalue weighted by Gasteiger charge is -2.17. The van der Waals surface area contributed by atoms with E-state index in [0.717, 1.165) is 11.4 Å². The van der Waals surface area contributed by atoms with Crippen molar-refractivity contribution in [2.45, 2.75) is 26.6 Å². The Labute approximate surface area is 152 Å². The molecule has 130 valence electrons. The van der Waals surface area contributed by atoms with Crippen molar-refractivity contribution in [1.29, 1.82) is 0 Å². The molecule has 0 aliphatic heterocycles. The van der Waals surface area contributed by atoms with Crippen LogP contribution < -0.4 is 5.32 Å². The van der Waals surface area contributed by atoms with E-state index < -0.39 is 0 Å². The summed E-state index contributed by atoms with van der Waals surface area (Å²) in [7, 11) is 3.74. The summed E-state index contributed by atoms with van der Waals surface area (Å²) in [6.45, 7) is 4.59. The topological polar surface area (TPSA) is 55.1 Å². The Kier molecular flexibility index (Phi) is 6.15. The number of hydrogen-bond acceptors (Lipinski definition) is 4. The van der Waals surface area contributed by atoms with Gasteiger partial charge < -0.3 is 9.88 Å². The smallest absolute Gasteiger partial charge is 0.234 e. The molecule has 0 saturated heterocycles. The van der Waals surface area contributed by atoms with Gasteiger partial charge in [-0.15, -0.1) is 0 Å². The highest BCUT2D eigenvalue weighted by Crippen LogP contribution is 2.20. The van der Waals surface area contributed by atoms with Gasteiger partial charge in [-0.3, -0.25) is 9.69 Å². The van der Waals surface area contributed by atoms with E-state index in [-0.39, 0.29) is 18.5 Å². The number of halogens is 1. The second kappa shape index (κ2) is 7.92. The third kappa shape index (κ3) is 4.66. The molecule has 0 saturated carbocycles. The van der Waals surface area contributed by atoms with Gasteiger partial charge in [0.15, 0.2) is 10.6 Å². The zero-order chi connectivity index (χ0) is 17.9. The number of carbonyl (C=O) groups excluding carboxylic acids is 1. The molecule has 2 rings (SSSR count). The van der Waals surface area contributed by atoms with Crippen LogP contribution in [0.25, 0.3) is 11.4 Å². The number of nitrogens with zero attached hydrogens (tertiary/aromatic N) is 4. The molecule has 0 spiro atoms. The Bertz CT molecular complexity index is 766. The third-order valence-corrected chi connectivity index (χ3v) is 4.12. The van der Waals surface area contributed by atoms with E-state index >= 15 is 0 Å². The maximum Gasteiger partial charge on any atom is 0.234 e. The van der Waals surface area contributed by atoms with Crippen LogP contribution in [0.3, 0.4) is 0 Å². The quantitative estimate of drug-likeness (QED) is 0.797. The van der Waals surface area contributed by atoms with Crippen molar-refractivity contribution in [3.8, 4) is 11.4 Å². The molecule has 1 N–H and O–H groups in total. The Morgan fingerprint density at radius 2 is 2.00 bits per heavy atom. The molecule has 0 unspecified atom stereocenters. The number of benzene rings is 1. The van der Waals surface area contributed by atoms with Crippen molar-refractivity contribution < 1.29 is 4.79 Å². The van der Waals surface area contributed by atoms with Gasteiger partial charge in [0, 0.05) is 23.7 Å². The van der Waals surface area contributed by atoms with Crippen molar-refractivity contribution in [2.75, 3.05) is 13.6 Å². The number of likely N-dealkylation sites (N-methyl/N-ethyl adjacent to an activating group) is 1. The Balaban J connectivity index is 2.14. The summed E-state index contributed by atoms with van der Waals surface area (Å²) in [5.41, 5.74) is 0.937. The molecule has 8 heteroatoms. The summed E-state index contributed by atoms with van der Waals surface area (Å²) in [5, 5.41) is 8.12. The van der Waals surface area contributed by atoms with E-state index in [1.807, 2.05) is 61.7 Å². The molecule has 2 aromatic rings. The highest BCUT2D eigenvalue weighted by atomic mass is 35.5. The molecule has 0 fully saturated rings. The lowest BCUT2D eigenvalue weighted by molar-refractivity contribution is -0.122. The van der Waals surface area contributed by atoms with Crippen molar-refractivity contribution in [2.24, 2.45) is 7.05 Å². The van der Waals surface area contributed by atoms with E-state index in [0.29, 0.717) is 16.5 Å². The second-order valence-corrected chi connectivity index (χ2v) is 6.85. The Morgan fingerprint density at radius 3 is 2.58 bits per heavy atom. The van der Waals surface area contributed by atoms with Crippen molar-refractivity contribution in [3.63, 3.8) is 0 Å². The number of nitrogens with one attached hydrogen (secondary N) is 1. The summed E-state index contributed by atoms with van der Waals surface area (Å²) in [5.74, 6) is 0.740. The summed E-state index contributed by atoms with van der Waals surface area (Å²) in [4.78, 5) is 13.7. The minimum atomic E-state index is -0.0205. The predicted molar refractivity (Wildman–Crippen MR) is 98.4 cm³/mol. The average molecular weight is 368 g/mol. The number of aromatic nitrogens is 3. The standard InChI is InChI=1S/C16H22ClN5OS/c1-11(2)18-14(23)9-20(3)10-22-16(24)21(4)15(19-22)12-5-7-13(17)8-6-12/h5-8,11H,9-10H2,1-4H3,(H,18,23). The van der Waals surface area contributed by atoms with Gasteiger partial charge in [-0.2, -0.15) is 5.10 Å². The van der Waals surface area contributed by atoms with Crippen LogP contribution in [0.5, 0.6) is 0 Å². The van der Waals surface area contributed by atoms with Gasteiger partial charge in [0.1, 0.15) is 0 Å². The number of hydrogen-bond donors (Lipinski definition) is 1. The SMILES string of the molecule is CC(C)NC(=O)CN(C)Cn1nc(-c2ccc(Cl)cc2)n(C)c1=S. The fourth-order valence-corrected chi connectivity index (χ4v) is 2.63. The average Bonchev–Trinajstić information content (AvgIpc) is 2.75. The lowest BCUT2D eigenvalue weighted by Crippen LogP contribution is -2.39. The van der Waals surface area contributed by atoms with Gasteiger partial charge in [0.2, 0.25) is 5.91 Å². The van der Waals surface area contributed by atoms with Gasteiger partial charge >= 0.3 is 0 Å². The molecule has 1 heterocycles. The normalized spacial score (nSPS) is 11.3. The Morgan fingerprint density at radius 1 is 1.38 bits per heavy atom. The first-order chi connectivity index (χ1) is 11.3. The molecule has 1 amide bonds. The molecule has 24 heavy (non-hydrogen) atoms. The van der Waals surface area contributed by atoms with Crippen LogP contribution >= 0.6 is 23.8 Å². The van der Waals surface area contributed by atoms with Gasteiger partial charge in [-0.1, -0.05) is 11.6 Å². The van der Waals surface area contributed by atoms with E-state index in [9.17, 15) is 4.79 Å². The monoisotopic (exact) mass is 367 g/mol. The molecule has 0 radical (unpaired) electrons. The molecule has 1 aromatic carbocycles. The second-order valence-electron chi connectivity index (χ2n) is 6.05. The van der Waals surface area contributed by atoms with Gasteiger partial charge in [0.05, 0.1) is 13.2 Å². The fourth-order valence-electron chi connectivity index (χ4n) is 2.32.